The van der Waals surface area contributed by atoms with Crippen LogP contribution in [-0.4, -0.2) is 36.5 Å². The largest absolute Gasteiger partial charge is 0.339 e. The summed E-state index contributed by atoms with van der Waals surface area (Å²) in [7, 11) is 0. The van der Waals surface area contributed by atoms with Gasteiger partial charge in [-0.05, 0) is 69.2 Å². The van der Waals surface area contributed by atoms with Crippen molar-refractivity contribution in [1.82, 2.24) is 10.2 Å². The van der Waals surface area contributed by atoms with E-state index in [1.165, 1.54) is 30.4 Å². The molecule has 0 bridgehead atoms. The van der Waals surface area contributed by atoms with Gasteiger partial charge in [-0.25, -0.2) is 0 Å². The van der Waals surface area contributed by atoms with E-state index < -0.39 is 0 Å². The van der Waals surface area contributed by atoms with Crippen LogP contribution in [0.5, 0.6) is 0 Å². The molecule has 3 aliphatic rings. The van der Waals surface area contributed by atoms with E-state index in [1.54, 1.807) is 0 Å². The molecule has 0 aromatic heterocycles. The second-order valence-corrected chi connectivity index (χ2v) is 7.94. The van der Waals surface area contributed by atoms with E-state index in [2.05, 4.69) is 41.4 Å². The standard InChI is InChI=1S/C21H30N2O/c1-2-14-23(17-9-12-22-13-10-17)20(24)19-15-21(19)11-5-7-16-6-3-4-8-18(16)21/h3-4,6,8,17,19,22H,2,5,7,9-15H2,1H3. The number of carbonyl (C=O) groups excluding carboxylic acids is 1. The maximum absolute atomic E-state index is 13.4. The Labute approximate surface area is 145 Å². The van der Waals surface area contributed by atoms with Crippen LogP contribution in [0.1, 0.15) is 56.6 Å². The molecule has 24 heavy (non-hydrogen) atoms. The average molecular weight is 326 g/mol. The average Bonchev–Trinajstić information content (AvgIpc) is 3.35. The summed E-state index contributed by atoms with van der Waals surface area (Å²) in [6.07, 6.45) is 7.99. The summed E-state index contributed by atoms with van der Waals surface area (Å²) in [6, 6.07) is 9.32. The summed E-state index contributed by atoms with van der Waals surface area (Å²) < 4.78 is 0. The van der Waals surface area contributed by atoms with E-state index in [0.717, 1.165) is 45.3 Å². The topological polar surface area (TPSA) is 32.3 Å². The van der Waals surface area contributed by atoms with Crippen LogP contribution >= 0.6 is 0 Å². The van der Waals surface area contributed by atoms with Crippen molar-refractivity contribution in [3.8, 4) is 0 Å². The molecule has 1 N–H and O–H groups in total. The molecule has 130 valence electrons. The van der Waals surface area contributed by atoms with Crippen molar-refractivity contribution >= 4 is 5.91 Å². The fourth-order valence-corrected chi connectivity index (χ4v) is 5.19. The lowest BCUT2D eigenvalue weighted by Gasteiger charge is -2.36. The lowest BCUT2D eigenvalue weighted by Crippen LogP contribution is -2.47. The van der Waals surface area contributed by atoms with Gasteiger partial charge < -0.3 is 10.2 Å². The predicted molar refractivity (Wildman–Crippen MR) is 97.1 cm³/mol. The van der Waals surface area contributed by atoms with Gasteiger partial charge in [-0.2, -0.15) is 0 Å². The third-order valence-electron chi connectivity index (χ3n) is 6.49. The number of rotatable bonds is 4. The smallest absolute Gasteiger partial charge is 0.226 e. The Morgan fingerprint density at radius 1 is 1.29 bits per heavy atom. The molecule has 1 aromatic carbocycles. The van der Waals surface area contributed by atoms with Gasteiger partial charge in [-0.1, -0.05) is 31.2 Å². The lowest BCUT2D eigenvalue weighted by atomic mass is 9.78. The third-order valence-corrected chi connectivity index (χ3v) is 6.49. The molecule has 2 atom stereocenters. The zero-order chi connectivity index (χ0) is 16.6. The minimum absolute atomic E-state index is 0.171. The van der Waals surface area contributed by atoms with Crippen molar-refractivity contribution in [2.24, 2.45) is 5.92 Å². The first-order valence-electron chi connectivity index (χ1n) is 9.86. The quantitative estimate of drug-likeness (QED) is 0.921. The lowest BCUT2D eigenvalue weighted by molar-refractivity contribution is -0.136. The fourth-order valence-electron chi connectivity index (χ4n) is 5.19. The highest BCUT2D eigenvalue weighted by atomic mass is 16.2. The molecule has 1 saturated carbocycles. The van der Waals surface area contributed by atoms with Crippen LogP contribution in [0.4, 0.5) is 0 Å². The summed E-state index contributed by atoms with van der Waals surface area (Å²) in [5.74, 6) is 0.681. The normalized spacial score (nSPS) is 29.3. The van der Waals surface area contributed by atoms with Crippen molar-refractivity contribution < 1.29 is 4.79 Å². The molecule has 1 aliphatic heterocycles. The van der Waals surface area contributed by atoms with Crippen molar-refractivity contribution in [3.05, 3.63) is 35.4 Å². The van der Waals surface area contributed by atoms with Crippen LogP contribution < -0.4 is 5.32 Å². The number of nitrogens with one attached hydrogen (secondary N) is 1. The Bertz CT molecular complexity index is 608. The van der Waals surface area contributed by atoms with E-state index in [9.17, 15) is 4.79 Å². The molecule has 1 heterocycles. The van der Waals surface area contributed by atoms with Gasteiger partial charge in [-0.15, -0.1) is 0 Å². The molecular weight excluding hydrogens is 296 g/mol. The number of hydrogen-bond acceptors (Lipinski definition) is 2. The highest BCUT2D eigenvalue weighted by Gasteiger charge is 2.61. The summed E-state index contributed by atoms with van der Waals surface area (Å²) in [6.45, 7) is 5.23. The zero-order valence-corrected chi connectivity index (χ0v) is 14.9. The minimum atomic E-state index is 0.171. The monoisotopic (exact) mass is 326 g/mol. The molecule has 1 spiro atoms. The summed E-state index contributed by atoms with van der Waals surface area (Å²) in [4.78, 5) is 15.6. The minimum Gasteiger partial charge on any atom is -0.339 e. The molecule has 1 aromatic rings. The fraction of sp³-hybridized carbons (Fsp3) is 0.667. The van der Waals surface area contributed by atoms with E-state index >= 15 is 0 Å². The summed E-state index contributed by atoms with van der Waals surface area (Å²) in [5.41, 5.74) is 3.14. The van der Waals surface area contributed by atoms with Gasteiger partial charge >= 0.3 is 0 Å². The van der Waals surface area contributed by atoms with Crippen LogP contribution in [0.15, 0.2) is 24.3 Å². The Morgan fingerprint density at radius 3 is 2.88 bits per heavy atom. The van der Waals surface area contributed by atoms with Crippen LogP contribution in [-0.2, 0) is 16.6 Å². The number of fused-ring (bicyclic) bond motifs is 2. The van der Waals surface area contributed by atoms with Gasteiger partial charge in [0.1, 0.15) is 0 Å². The van der Waals surface area contributed by atoms with Crippen LogP contribution in [0.3, 0.4) is 0 Å². The first-order chi connectivity index (χ1) is 11.8. The number of benzene rings is 1. The molecule has 1 amide bonds. The van der Waals surface area contributed by atoms with Crippen molar-refractivity contribution in [1.29, 1.82) is 0 Å². The zero-order valence-electron chi connectivity index (χ0n) is 14.9. The number of aryl methyl sites for hydroxylation is 1. The molecule has 4 rings (SSSR count). The van der Waals surface area contributed by atoms with E-state index in [4.69, 9.17) is 0 Å². The SMILES string of the molecule is CCCN(C(=O)C1CC12CCCc1ccccc12)C1CCNCC1. The Kier molecular flexibility index (Phi) is 4.38. The summed E-state index contributed by atoms with van der Waals surface area (Å²) in [5, 5.41) is 3.43. The first kappa shape index (κ1) is 16.1. The molecule has 3 heteroatoms. The second-order valence-electron chi connectivity index (χ2n) is 7.94. The molecule has 0 radical (unpaired) electrons. The van der Waals surface area contributed by atoms with Crippen LogP contribution in [0.2, 0.25) is 0 Å². The van der Waals surface area contributed by atoms with Crippen LogP contribution in [0.25, 0.3) is 0 Å². The molecule has 3 nitrogen and oxygen atoms in total. The van der Waals surface area contributed by atoms with E-state index in [0.29, 0.717) is 11.9 Å². The van der Waals surface area contributed by atoms with E-state index in [1.807, 2.05) is 0 Å². The van der Waals surface area contributed by atoms with E-state index in [-0.39, 0.29) is 11.3 Å². The van der Waals surface area contributed by atoms with Gasteiger partial charge in [0, 0.05) is 23.9 Å². The molecular formula is C21H30N2O. The maximum atomic E-state index is 13.4. The number of carbonyl (C=O) groups is 1. The number of piperidine rings is 1. The number of amides is 1. The Balaban J connectivity index is 1.55. The van der Waals surface area contributed by atoms with Crippen LogP contribution in [0, 0.1) is 5.92 Å². The summed E-state index contributed by atoms with van der Waals surface area (Å²) >= 11 is 0. The molecule has 2 unspecified atom stereocenters. The predicted octanol–water partition coefficient (Wildman–Crippen LogP) is 3.27. The number of nitrogens with zero attached hydrogens (tertiary/aromatic N) is 1. The Hall–Kier alpha value is -1.35. The molecule has 2 aliphatic carbocycles. The van der Waals surface area contributed by atoms with Gasteiger partial charge in [0.25, 0.3) is 0 Å². The highest BCUT2D eigenvalue weighted by molar-refractivity contribution is 5.85. The maximum Gasteiger partial charge on any atom is 0.226 e. The van der Waals surface area contributed by atoms with Gasteiger partial charge in [-0.3, -0.25) is 4.79 Å². The van der Waals surface area contributed by atoms with Crippen molar-refractivity contribution in [2.45, 2.75) is 63.3 Å². The van der Waals surface area contributed by atoms with Gasteiger partial charge in [0.15, 0.2) is 0 Å². The third kappa shape index (κ3) is 2.67. The Morgan fingerprint density at radius 2 is 2.08 bits per heavy atom. The van der Waals surface area contributed by atoms with Crippen molar-refractivity contribution in [3.63, 3.8) is 0 Å². The highest BCUT2D eigenvalue weighted by Crippen LogP contribution is 2.61. The van der Waals surface area contributed by atoms with Crippen molar-refractivity contribution in [2.75, 3.05) is 19.6 Å². The van der Waals surface area contributed by atoms with Gasteiger partial charge in [0.2, 0.25) is 5.91 Å². The molecule has 1 saturated heterocycles. The molecule has 2 fully saturated rings. The van der Waals surface area contributed by atoms with Gasteiger partial charge in [0.05, 0.1) is 0 Å². The second kappa shape index (κ2) is 6.51. The first-order valence-corrected chi connectivity index (χ1v) is 9.86. The number of hydrogen-bond donors (Lipinski definition) is 1.